The molecule has 2 aromatic carbocycles. The third-order valence-corrected chi connectivity index (χ3v) is 10.9. The van der Waals surface area contributed by atoms with Gasteiger partial charge in [0.05, 0.1) is 29.8 Å². The summed E-state index contributed by atoms with van der Waals surface area (Å²) in [5.74, 6) is 2.34. The molecule has 1 aliphatic carbocycles. The minimum Gasteiger partial charge on any atom is -0.496 e. The number of hydrogen-bond acceptors (Lipinski definition) is 11. The topological polar surface area (TPSA) is 169 Å². The maximum Gasteiger partial charge on any atom is 0.271 e. The van der Waals surface area contributed by atoms with Crippen molar-refractivity contribution >= 4 is 40.1 Å². The number of rotatable bonds is 12. The molecule has 0 bridgehead atoms. The van der Waals surface area contributed by atoms with Crippen molar-refractivity contribution < 1.29 is 18.7 Å². The first-order valence-corrected chi connectivity index (χ1v) is 18.3. The van der Waals surface area contributed by atoms with Crippen LogP contribution in [0.1, 0.15) is 63.5 Å². The molecule has 2 fully saturated rings. The van der Waals surface area contributed by atoms with Crippen LogP contribution in [0.3, 0.4) is 0 Å². The van der Waals surface area contributed by atoms with Crippen molar-refractivity contribution in [2.45, 2.75) is 56.2 Å². The summed E-state index contributed by atoms with van der Waals surface area (Å²) in [6, 6.07) is 17.7. The molecule has 54 heavy (non-hydrogen) atoms. The van der Waals surface area contributed by atoms with Crippen molar-refractivity contribution in [1.82, 2.24) is 30.8 Å². The Bertz CT molecular complexity index is 2290. The van der Waals surface area contributed by atoms with Crippen LogP contribution >= 0.6 is 11.6 Å². The highest BCUT2D eigenvalue weighted by atomic mass is 35.5. The highest BCUT2D eigenvalue weighted by Crippen LogP contribution is 2.43. The Morgan fingerprint density at radius 3 is 2.80 bits per heavy atom. The normalized spacial score (nSPS) is 21.1. The fourth-order valence-electron chi connectivity index (χ4n) is 7.43. The maximum absolute atomic E-state index is 14.3. The van der Waals surface area contributed by atoms with Gasteiger partial charge in [0.2, 0.25) is 5.89 Å². The number of halogens is 1. The lowest BCUT2D eigenvalue weighted by Gasteiger charge is -2.38. The van der Waals surface area contributed by atoms with Crippen molar-refractivity contribution in [3.05, 3.63) is 112 Å². The lowest BCUT2D eigenvalue weighted by molar-refractivity contribution is 0.0901. The number of carbonyl (C=O) groups excluding carboxylic acids is 2. The summed E-state index contributed by atoms with van der Waals surface area (Å²) in [5.41, 5.74) is 4.58. The molecule has 0 spiro atoms. The highest BCUT2D eigenvalue weighted by Gasteiger charge is 2.47. The molecule has 2 aliphatic heterocycles. The predicted octanol–water partition coefficient (Wildman–Crippen LogP) is 5.20. The van der Waals surface area contributed by atoms with E-state index >= 15 is 0 Å². The monoisotopic (exact) mass is 742 g/mol. The van der Waals surface area contributed by atoms with Crippen LogP contribution in [-0.4, -0.2) is 64.9 Å². The number of nitrogens with one attached hydrogen (secondary N) is 3. The van der Waals surface area contributed by atoms with Crippen molar-refractivity contribution in [3.63, 3.8) is 0 Å². The third-order valence-electron chi connectivity index (χ3n) is 10.3. The summed E-state index contributed by atoms with van der Waals surface area (Å²) < 4.78 is 12.1. The second-order valence-electron chi connectivity index (χ2n) is 14.0. The van der Waals surface area contributed by atoms with Crippen LogP contribution in [0.2, 0.25) is 0 Å². The molecule has 1 amide bonds. The number of ether oxygens (including phenoxy) is 1. The number of carbonyl (C=O) groups is 1. The molecule has 0 saturated carbocycles. The van der Waals surface area contributed by atoms with Gasteiger partial charge in [-0.25, -0.2) is 9.78 Å². The Morgan fingerprint density at radius 1 is 1.22 bits per heavy atom. The Hall–Kier alpha value is -5.75. The summed E-state index contributed by atoms with van der Waals surface area (Å²) in [7, 11) is 1.53. The molecule has 4 aromatic rings. The molecule has 3 N–H and O–H groups in total. The van der Waals surface area contributed by atoms with Gasteiger partial charge < -0.3 is 25.1 Å². The van der Waals surface area contributed by atoms with Crippen LogP contribution in [0, 0.1) is 35.5 Å². The number of likely N-dealkylation sites (tertiary alicyclic amines) is 1. The molecule has 274 valence electrons. The fraction of sp³-hybridized carbons (Fsp3) is 0.341. The van der Waals surface area contributed by atoms with E-state index in [-0.39, 0.29) is 17.6 Å². The van der Waals surface area contributed by atoms with Crippen LogP contribution in [-0.2, 0) is 23.4 Å². The van der Waals surface area contributed by atoms with Crippen molar-refractivity contribution in [1.29, 1.82) is 10.5 Å². The number of nitriles is 2. The number of alkyl halides is 1. The van der Waals surface area contributed by atoms with Crippen LogP contribution < -0.4 is 20.7 Å². The van der Waals surface area contributed by atoms with Crippen molar-refractivity contribution in [2.24, 2.45) is 5.92 Å². The number of nitrogens with zero attached hydrogens (tertiary/aromatic N) is 5. The second kappa shape index (κ2) is 15.7. The van der Waals surface area contributed by atoms with E-state index in [1.807, 2.05) is 55.3 Å². The van der Waals surface area contributed by atoms with Gasteiger partial charge in [-0.1, -0.05) is 36.4 Å². The van der Waals surface area contributed by atoms with Gasteiger partial charge >= 0.3 is 0 Å². The molecule has 3 aliphatic rings. The number of methoxy groups -OCH3 is 1. The molecule has 12 nitrogen and oxygen atoms in total. The zero-order chi connectivity index (χ0) is 37.8. The van der Waals surface area contributed by atoms with E-state index in [1.54, 1.807) is 24.4 Å². The summed E-state index contributed by atoms with van der Waals surface area (Å²) in [4.78, 5) is 36.9. The Kier molecular flexibility index (Phi) is 10.6. The highest BCUT2D eigenvalue weighted by molar-refractivity contribution is 6.28. The summed E-state index contributed by atoms with van der Waals surface area (Å²) in [6.45, 7) is 5.28. The Morgan fingerprint density at radius 2 is 2.06 bits per heavy atom. The summed E-state index contributed by atoms with van der Waals surface area (Å²) in [5, 5.41) is 28.0. The average molecular weight is 743 g/mol. The summed E-state index contributed by atoms with van der Waals surface area (Å²) >= 11 is 7.45. The number of benzene rings is 2. The van der Waals surface area contributed by atoms with E-state index in [0.29, 0.717) is 66.5 Å². The van der Waals surface area contributed by atoms with Crippen LogP contribution in [0.4, 0.5) is 0 Å². The minimum atomic E-state index is -1.49. The van der Waals surface area contributed by atoms with E-state index in [9.17, 15) is 14.9 Å². The molecule has 2 unspecified atom stereocenters. The van der Waals surface area contributed by atoms with Crippen molar-refractivity contribution in [3.8, 4) is 17.9 Å². The maximum atomic E-state index is 14.3. The molecular weight excluding hydrogens is 704 g/mol. The zero-order valence-electron chi connectivity index (χ0n) is 30.0. The standard InChI is InChI=1S/C41H39ClN8O4/c1-25-6-3-4-7-32(25)33-8-5-12-41(38(33)42,40-48-34-15-27(14-28(17-44)37(34)54-40)23-50-21-26(22-50)11-13-43)49-39(52)35-16-36(53-2)29(19-46-35)18-45-20-30-9-10-31(24-51)47-30/h3-8,12,14-16,19,26,30,38,45,47H,9-11,18,20-23H2,1-2H3,(H,49,52)/t30-,38?,41?/m1/s1. The number of pyridine rings is 1. The molecule has 2 aromatic heterocycles. The van der Waals surface area contributed by atoms with Crippen molar-refractivity contribution in [2.75, 3.05) is 26.7 Å². The number of amides is 1. The van der Waals surface area contributed by atoms with E-state index in [2.05, 4.69) is 38.0 Å². The largest absolute Gasteiger partial charge is 0.496 e. The first kappa shape index (κ1) is 36.6. The lowest BCUT2D eigenvalue weighted by Crippen LogP contribution is -2.52. The van der Waals surface area contributed by atoms with Gasteiger partial charge in [0.15, 0.2) is 11.1 Å². The lowest BCUT2D eigenvalue weighted by atomic mass is 9.81. The quantitative estimate of drug-likeness (QED) is 0.129. The summed E-state index contributed by atoms with van der Waals surface area (Å²) in [6.07, 6.45) is 9.14. The smallest absolute Gasteiger partial charge is 0.271 e. The first-order chi connectivity index (χ1) is 26.2. The number of allylic oxidation sites excluding steroid dienone is 3. The molecule has 4 heterocycles. The van der Waals surface area contributed by atoms with Gasteiger partial charge in [0.1, 0.15) is 29.0 Å². The number of aromatic nitrogens is 2. The van der Waals surface area contributed by atoms with E-state index in [0.717, 1.165) is 47.3 Å². The van der Waals surface area contributed by atoms with Crippen LogP contribution in [0.15, 0.2) is 77.0 Å². The average Bonchev–Trinajstić information content (AvgIpc) is 3.82. The predicted molar refractivity (Wildman–Crippen MR) is 203 cm³/mol. The van der Waals surface area contributed by atoms with Gasteiger partial charge in [0.25, 0.3) is 5.91 Å². The SMILES string of the molecule is COc1cc(C(=O)NC2(c3nc4cc(CN5CC(CC#N)C5)cc(C#N)c4o3)C=CC=C(c3ccccc3C)C2Cl)ncc1CNC[C@H]1CCC(=C=O)N1. The van der Waals surface area contributed by atoms with Gasteiger partial charge in [-0.3, -0.25) is 14.7 Å². The van der Waals surface area contributed by atoms with E-state index < -0.39 is 16.8 Å². The Labute approximate surface area is 318 Å². The van der Waals surface area contributed by atoms with E-state index in [1.165, 1.54) is 7.11 Å². The first-order valence-electron chi connectivity index (χ1n) is 17.8. The zero-order valence-corrected chi connectivity index (χ0v) is 30.7. The second-order valence-corrected chi connectivity index (χ2v) is 14.4. The third kappa shape index (κ3) is 7.25. The van der Waals surface area contributed by atoms with Gasteiger partial charge in [-0.05, 0) is 59.7 Å². The molecule has 2 saturated heterocycles. The molecular formula is C41H39ClN8O4. The van der Waals surface area contributed by atoms with Gasteiger partial charge in [0, 0.05) is 69.4 Å². The van der Waals surface area contributed by atoms with Gasteiger partial charge in [-0.2, -0.15) is 10.5 Å². The van der Waals surface area contributed by atoms with Crippen LogP contribution in [0.25, 0.3) is 16.7 Å². The number of aryl methyl sites for hydroxylation is 1. The Balaban J connectivity index is 1.20. The number of hydrogen-bond donors (Lipinski definition) is 3. The number of fused-ring (bicyclic) bond motifs is 1. The molecule has 7 rings (SSSR count). The molecule has 0 radical (unpaired) electrons. The fourth-order valence-corrected chi connectivity index (χ4v) is 7.84. The van der Waals surface area contributed by atoms with Crippen LogP contribution in [0.5, 0.6) is 5.75 Å². The van der Waals surface area contributed by atoms with Gasteiger partial charge in [-0.15, -0.1) is 11.6 Å². The molecule has 13 heteroatoms. The molecule has 3 atom stereocenters. The minimum absolute atomic E-state index is 0.0952. The van der Waals surface area contributed by atoms with E-state index in [4.69, 9.17) is 31.0 Å². The number of oxazole rings is 1.